The van der Waals surface area contributed by atoms with Gasteiger partial charge in [0.2, 0.25) is 0 Å². The van der Waals surface area contributed by atoms with E-state index in [0.717, 1.165) is 31.8 Å². The lowest BCUT2D eigenvalue weighted by molar-refractivity contribution is 0.0695. The van der Waals surface area contributed by atoms with Crippen LogP contribution in [0.15, 0.2) is 21.4 Å². The fourth-order valence-electron chi connectivity index (χ4n) is 1.83. The average molecular weight is 272 g/mol. The molecule has 1 saturated heterocycles. The Balaban J connectivity index is 2.06. The van der Waals surface area contributed by atoms with Gasteiger partial charge in [0.15, 0.2) is 4.67 Å². The minimum absolute atomic E-state index is 0.0718. The van der Waals surface area contributed by atoms with E-state index in [1.54, 1.807) is 6.07 Å². The van der Waals surface area contributed by atoms with Gasteiger partial charge >= 0.3 is 0 Å². The van der Waals surface area contributed by atoms with Crippen LogP contribution in [0.25, 0.3) is 0 Å². The maximum atomic E-state index is 12.0. The summed E-state index contributed by atoms with van der Waals surface area (Å²) in [5.41, 5.74) is 0.629. The van der Waals surface area contributed by atoms with E-state index in [1.165, 1.54) is 6.26 Å². The molecule has 1 aromatic heterocycles. The van der Waals surface area contributed by atoms with E-state index in [4.69, 9.17) is 4.42 Å². The Hall–Kier alpha value is -0.770. The number of likely N-dealkylation sites (tertiary alicyclic amines) is 1. The van der Waals surface area contributed by atoms with E-state index in [9.17, 15) is 4.79 Å². The summed E-state index contributed by atoms with van der Waals surface area (Å²) in [6.07, 6.45) is 3.73. The SMILES string of the molecule is CC1CCN(C(=O)c2ccoc2Br)CC1. The van der Waals surface area contributed by atoms with Gasteiger partial charge in [-0.2, -0.15) is 0 Å². The van der Waals surface area contributed by atoms with Crippen molar-refractivity contribution in [1.29, 1.82) is 0 Å². The van der Waals surface area contributed by atoms with Crippen molar-refractivity contribution in [2.45, 2.75) is 19.8 Å². The number of halogens is 1. The van der Waals surface area contributed by atoms with Crippen molar-refractivity contribution >= 4 is 21.8 Å². The Morgan fingerprint density at radius 3 is 2.73 bits per heavy atom. The van der Waals surface area contributed by atoms with E-state index in [-0.39, 0.29) is 5.91 Å². The number of rotatable bonds is 1. The molecule has 0 saturated carbocycles. The summed E-state index contributed by atoms with van der Waals surface area (Å²) < 4.78 is 5.60. The van der Waals surface area contributed by atoms with Gasteiger partial charge in [0.25, 0.3) is 5.91 Å². The molecule has 1 fully saturated rings. The molecule has 1 aliphatic heterocycles. The Morgan fingerprint density at radius 2 is 2.20 bits per heavy atom. The molecule has 0 radical (unpaired) electrons. The first-order valence-electron chi connectivity index (χ1n) is 5.20. The van der Waals surface area contributed by atoms with Crippen LogP contribution in [0.1, 0.15) is 30.1 Å². The molecule has 0 spiro atoms. The highest BCUT2D eigenvalue weighted by Crippen LogP contribution is 2.22. The first-order chi connectivity index (χ1) is 7.18. The molecule has 0 aromatic carbocycles. The predicted octanol–water partition coefficient (Wildman–Crippen LogP) is 2.91. The van der Waals surface area contributed by atoms with Gasteiger partial charge in [-0.25, -0.2) is 0 Å². The maximum absolute atomic E-state index is 12.0. The largest absolute Gasteiger partial charge is 0.457 e. The molecule has 2 rings (SSSR count). The molecule has 0 aliphatic carbocycles. The summed E-state index contributed by atoms with van der Waals surface area (Å²) in [6, 6.07) is 1.71. The first-order valence-corrected chi connectivity index (χ1v) is 6.00. The summed E-state index contributed by atoms with van der Waals surface area (Å²) >= 11 is 3.23. The third kappa shape index (κ3) is 2.25. The van der Waals surface area contributed by atoms with Crippen molar-refractivity contribution in [3.8, 4) is 0 Å². The second-order valence-corrected chi connectivity index (χ2v) is 4.80. The van der Waals surface area contributed by atoms with Crippen molar-refractivity contribution in [2.24, 2.45) is 5.92 Å². The number of hydrogen-bond donors (Lipinski definition) is 0. The second kappa shape index (κ2) is 4.39. The van der Waals surface area contributed by atoms with Gasteiger partial charge < -0.3 is 9.32 Å². The number of piperidine rings is 1. The van der Waals surface area contributed by atoms with Gasteiger partial charge in [-0.05, 0) is 40.8 Å². The number of hydrogen-bond acceptors (Lipinski definition) is 2. The Morgan fingerprint density at radius 1 is 1.53 bits per heavy atom. The third-order valence-corrected chi connectivity index (χ3v) is 3.53. The lowest BCUT2D eigenvalue weighted by Crippen LogP contribution is -2.37. The smallest absolute Gasteiger partial charge is 0.258 e. The standard InChI is InChI=1S/C11H14BrNO2/c1-8-2-5-13(6-3-8)11(14)9-4-7-15-10(9)12/h4,7-8H,2-3,5-6H2,1H3. The molecule has 2 heterocycles. The highest BCUT2D eigenvalue weighted by atomic mass is 79.9. The highest BCUT2D eigenvalue weighted by Gasteiger charge is 2.23. The van der Waals surface area contributed by atoms with Crippen molar-refractivity contribution in [3.05, 3.63) is 22.6 Å². The zero-order valence-corrected chi connectivity index (χ0v) is 10.3. The summed E-state index contributed by atoms with van der Waals surface area (Å²) in [7, 11) is 0. The van der Waals surface area contributed by atoms with Crippen molar-refractivity contribution in [2.75, 3.05) is 13.1 Å². The molecule has 82 valence electrons. The first kappa shape index (κ1) is 10.7. The van der Waals surface area contributed by atoms with E-state index < -0.39 is 0 Å². The highest BCUT2D eigenvalue weighted by molar-refractivity contribution is 9.10. The van der Waals surface area contributed by atoms with Crippen LogP contribution < -0.4 is 0 Å². The summed E-state index contributed by atoms with van der Waals surface area (Å²) in [4.78, 5) is 13.9. The van der Waals surface area contributed by atoms with Crippen LogP contribution in [0.4, 0.5) is 0 Å². The number of nitrogens with zero attached hydrogens (tertiary/aromatic N) is 1. The quantitative estimate of drug-likeness (QED) is 0.787. The van der Waals surface area contributed by atoms with Gasteiger partial charge in [-0.1, -0.05) is 6.92 Å². The topological polar surface area (TPSA) is 33.5 Å². The van der Waals surface area contributed by atoms with Crippen molar-refractivity contribution in [3.63, 3.8) is 0 Å². The molecule has 4 heteroatoms. The lowest BCUT2D eigenvalue weighted by atomic mass is 9.99. The molecule has 0 N–H and O–H groups in total. The van der Waals surface area contributed by atoms with Crippen molar-refractivity contribution < 1.29 is 9.21 Å². The fraction of sp³-hybridized carbons (Fsp3) is 0.545. The lowest BCUT2D eigenvalue weighted by Gasteiger charge is -2.30. The molecule has 3 nitrogen and oxygen atoms in total. The van der Waals surface area contributed by atoms with Crippen LogP contribution in [0.3, 0.4) is 0 Å². The van der Waals surface area contributed by atoms with Crippen LogP contribution in [-0.4, -0.2) is 23.9 Å². The molecule has 1 amide bonds. The summed E-state index contributed by atoms with van der Waals surface area (Å²) in [5.74, 6) is 0.810. The molecule has 15 heavy (non-hydrogen) atoms. The zero-order valence-electron chi connectivity index (χ0n) is 8.70. The monoisotopic (exact) mass is 271 g/mol. The molecular formula is C11H14BrNO2. The van der Waals surface area contributed by atoms with Crippen molar-refractivity contribution in [1.82, 2.24) is 4.90 Å². The molecule has 0 atom stereocenters. The third-order valence-electron chi connectivity index (χ3n) is 2.92. The molecular weight excluding hydrogens is 258 g/mol. The van der Waals surface area contributed by atoms with Gasteiger partial charge in [-0.15, -0.1) is 0 Å². The van der Waals surface area contributed by atoms with Gasteiger partial charge in [0.05, 0.1) is 11.8 Å². The molecule has 0 bridgehead atoms. The summed E-state index contributed by atoms with van der Waals surface area (Å²) in [5, 5.41) is 0. The number of furan rings is 1. The van der Waals surface area contributed by atoms with E-state index in [0.29, 0.717) is 10.2 Å². The minimum Gasteiger partial charge on any atom is -0.457 e. The molecule has 1 aliphatic rings. The molecule has 0 unspecified atom stereocenters. The Labute approximate surface area is 97.6 Å². The Kier molecular flexibility index (Phi) is 3.14. The van der Waals surface area contributed by atoms with Crippen LogP contribution in [-0.2, 0) is 0 Å². The zero-order chi connectivity index (χ0) is 10.8. The summed E-state index contributed by atoms with van der Waals surface area (Å²) in [6.45, 7) is 3.95. The van der Waals surface area contributed by atoms with Gasteiger partial charge in [0, 0.05) is 13.1 Å². The maximum Gasteiger partial charge on any atom is 0.258 e. The van der Waals surface area contributed by atoms with E-state index in [1.807, 2.05) is 4.90 Å². The van der Waals surface area contributed by atoms with Gasteiger partial charge in [-0.3, -0.25) is 4.79 Å². The number of amides is 1. The number of carbonyl (C=O) groups excluding carboxylic acids is 1. The van der Waals surface area contributed by atoms with Crippen LogP contribution in [0, 0.1) is 5.92 Å². The normalized spacial score (nSPS) is 18.1. The van der Waals surface area contributed by atoms with Crippen LogP contribution in [0.5, 0.6) is 0 Å². The molecule has 1 aromatic rings. The van der Waals surface area contributed by atoms with E-state index in [2.05, 4.69) is 22.9 Å². The average Bonchev–Trinajstić information content (AvgIpc) is 2.65. The second-order valence-electron chi connectivity index (χ2n) is 4.08. The van der Waals surface area contributed by atoms with Crippen LogP contribution in [0.2, 0.25) is 0 Å². The van der Waals surface area contributed by atoms with E-state index >= 15 is 0 Å². The predicted molar refractivity (Wildman–Crippen MR) is 60.7 cm³/mol. The Bertz CT molecular complexity index is 353. The van der Waals surface area contributed by atoms with Gasteiger partial charge in [0.1, 0.15) is 0 Å². The van der Waals surface area contributed by atoms with Crippen LogP contribution >= 0.6 is 15.9 Å². The number of carbonyl (C=O) groups is 1. The fourth-order valence-corrected chi connectivity index (χ4v) is 2.24. The minimum atomic E-state index is 0.0718.